The van der Waals surface area contributed by atoms with Gasteiger partial charge < -0.3 is 10.2 Å². The maximum absolute atomic E-state index is 13.4. The molecule has 0 saturated heterocycles. The van der Waals surface area contributed by atoms with E-state index in [1.54, 1.807) is 11.8 Å². The van der Waals surface area contributed by atoms with E-state index >= 15 is 0 Å². The number of carbonyl (C=O) groups excluding carboxylic acids is 2. The highest BCUT2D eigenvalue weighted by atomic mass is 32.2. The van der Waals surface area contributed by atoms with Gasteiger partial charge in [-0.05, 0) is 68.5 Å². The van der Waals surface area contributed by atoms with Crippen LogP contribution in [0.4, 0.5) is 10.1 Å². The van der Waals surface area contributed by atoms with E-state index in [0.717, 1.165) is 43.1 Å². The molecule has 202 valence electrons. The molecule has 0 heterocycles. The normalized spacial score (nSPS) is 15.1. The highest BCUT2D eigenvalue weighted by molar-refractivity contribution is 7.92. The largest absolute Gasteiger partial charge is 0.352 e. The minimum Gasteiger partial charge on any atom is -0.352 e. The summed E-state index contributed by atoms with van der Waals surface area (Å²) >= 11 is 0. The number of anilines is 1. The Morgan fingerprint density at radius 1 is 1.05 bits per heavy atom. The Morgan fingerprint density at radius 3 is 2.32 bits per heavy atom. The second-order valence-corrected chi connectivity index (χ2v) is 11.8. The van der Waals surface area contributed by atoms with Crippen LogP contribution in [0.15, 0.2) is 48.5 Å². The van der Waals surface area contributed by atoms with Crippen molar-refractivity contribution < 1.29 is 22.4 Å². The van der Waals surface area contributed by atoms with E-state index in [0.29, 0.717) is 12.2 Å². The van der Waals surface area contributed by atoms with Crippen molar-refractivity contribution in [1.82, 2.24) is 10.2 Å². The van der Waals surface area contributed by atoms with Crippen LogP contribution in [0.5, 0.6) is 0 Å². The molecule has 0 unspecified atom stereocenters. The molecule has 2 aromatic carbocycles. The minimum atomic E-state index is -3.63. The lowest BCUT2D eigenvalue weighted by atomic mass is 9.95. The summed E-state index contributed by atoms with van der Waals surface area (Å²) in [7, 11) is -3.63. The number of nitrogens with one attached hydrogen (secondary N) is 1. The molecular weight excluding hydrogens is 493 g/mol. The Kier molecular flexibility index (Phi) is 10.1. The van der Waals surface area contributed by atoms with Gasteiger partial charge in [0.25, 0.3) is 0 Å². The molecule has 7 nitrogen and oxygen atoms in total. The van der Waals surface area contributed by atoms with Crippen molar-refractivity contribution in [3.8, 4) is 0 Å². The number of nitrogens with zero attached hydrogens (tertiary/aromatic N) is 2. The third-order valence-electron chi connectivity index (χ3n) is 6.99. The van der Waals surface area contributed by atoms with E-state index in [4.69, 9.17) is 0 Å². The van der Waals surface area contributed by atoms with Gasteiger partial charge in [-0.2, -0.15) is 0 Å². The van der Waals surface area contributed by atoms with Gasteiger partial charge in [0.05, 0.1) is 11.9 Å². The van der Waals surface area contributed by atoms with Crippen LogP contribution in [0.2, 0.25) is 0 Å². The smallest absolute Gasteiger partial charge is 0.242 e. The molecule has 0 spiro atoms. The van der Waals surface area contributed by atoms with Crippen molar-refractivity contribution in [2.45, 2.75) is 77.4 Å². The molecule has 9 heteroatoms. The van der Waals surface area contributed by atoms with Crippen LogP contribution in [-0.4, -0.2) is 50.0 Å². The van der Waals surface area contributed by atoms with E-state index < -0.39 is 21.9 Å². The van der Waals surface area contributed by atoms with Gasteiger partial charge in [0.1, 0.15) is 11.9 Å². The summed E-state index contributed by atoms with van der Waals surface area (Å²) in [5.41, 5.74) is 2.32. The van der Waals surface area contributed by atoms with Crippen molar-refractivity contribution >= 4 is 27.5 Å². The molecule has 1 atom stereocenters. The van der Waals surface area contributed by atoms with Crippen LogP contribution in [0.1, 0.15) is 63.0 Å². The number of halogens is 1. The lowest BCUT2D eigenvalue weighted by Crippen LogP contribution is -2.50. The number of hydrogen-bond donors (Lipinski definition) is 1. The van der Waals surface area contributed by atoms with Gasteiger partial charge >= 0.3 is 0 Å². The summed E-state index contributed by atoms with van der Waals surface area (Å²) < 4.78 is 39.3. The average Bonchev–Trinajstić information content (AvgIpc) is 2.86. The number of sulfonamides is 1. The van der Waals surface area contributed by atoms with Crippen molar-refractivity contribution in [2.75, 3.05) is 17.1 Å². The summed E-state index contributed by atoms with van der Waals surface area (Å²) in [6, 6.07) is 12.4. The Labute approximate surface area is 220 Å². The van der Waals surface area contributed by atoms with Gasteiger partial charge in [-0.25, -0.2) is 12.8 Å². The zero-order valence-corrected chi connectivity index (χ0v) is 22.8. The summed E-state index contributed by atoms with van der Waals surface area (Å²) in [6.07, 6.45) is 6.68. The third-order valence-corrected chi connectivity index (χ3v) is 8.18. The summed E-state index contributed by atoms with van der Waals surface area (Å²) in [6.45, 7) is 4.07. The van der Waals surface area contributed by atoms with E-state index in [1.807, 2.05) is 31.2 Å². The molecule has 1 N–H and O–H groups in total. The Bertz CT molecular complexity index is 1160. The predicted molar refractivity (Wildman–Crippen MR) is 144 cm³/mol. The number of rotatable bonds is 11. The highest BCUT2D eigenvalue weighted by Crippen LogP contribution is 2.21. The van der Waals surface area contributed by atoms with E-state index in [2.05, 4.69) is 5.32 Å². The number of amides is 2. The van der Waals surface area contributed by atoms with Gasteiger partial charge in [0.15, 0.2) is 0 Å². The predicted octanol–water partition coefficient (Wildman–Crippen LogP) is 4.55. The topological polar surface area (TPSA) is 86.8 Å². The third kappa shape index (κ3) is 8.28. The van der Waals surface area contributed by atoms with E-state index in [9.17, 15) is 22.4 Å². The molecule has 3 rings (SSSR count). The number of aryl methyl sites for hydroxylation is 1. The first-order valence-electron chi connectivity index (χ1n) is 12.9. The summed E-state index contributed by atoms with van der Waals surface area (Å²) in [5.74, 6) is -0.847. The van der Waals surface area contributed by atoms with Crippen molar-refractivity contribution in [3.05, 3.63) is 65.5 Å². The molecule has 2 aromatic rings. The van der Waals surface area contributed by atoms with Crippen molar-refractivity contribution in [3.63, 3.8) is 0 Å². The maximum Gasteiger partial charge on any atom is 0.242 e. The van der Waals surface area contributed by atoms with Crippen molar-refractivity contribution in [2.24, 2.45) is 0 Å². The maximum atomic E-state index is 13.4. The van der Waals surface area contributed by atoms with Gasteiger partial charge in [-0.3, -0.25) is 13.9 Å². The first-order valence-corrected chi connectivity index (χ1v) is 14.8. The molecule has 0 bridgehead atoms. The molecule has 1 aliphatic carbocycles. The van der Waals surface area contributed by atoms with Crippen LogP contribution in [0.3, 0.4) is 0 Å². The number of benzene rings is 2. The molecular formula is C28H38FN3O4S. The average molecular weight is 532 g/mol. The Balaban J connectivity index is 1.72. The number of carbonyl (C=O) groups is 2. The lowest BCUT2D eigenvalue weighted by molar-refractivity contribution is -0.141. The molecule has 0 aromatic heterocycles. The molecule has 1 fully saturated rings. The SMILES string of the molecule is Cc1ccccc1CN(C(=O)CCCN(c1ccc(F)cc1)S(C)(=O)=O)[C@@H](C)C(=O)NC1CCCCC1. The standard InChI is InChI=1S/C28H38FN3O4S/c1-21-10-7-8-11-23(21)20-31(22(2)28(34)30-25-12-5-4-6-13-25)27(33)14-9-19-32(37(3,35)36)26-17-15-24(29)16-18-26/h7-8,10-11,15-18,22,25H,4-6,9,12-14,19-20H2,1-3H3,(H,30,34)/t22-/m0/s1. The quantitative estimate of drug-likeness (QED) is 0.461. The van der Waals surface area contributed by atoms with Gasteiger partial charge in [0.2, 0.25) is 21.8 Å². The van der Waals surface area contributed by atoms with Gasteiger partial charge in [-0.1, -0.05) is 43.5 Å². The number of hydrogen-bond acceptors (Lipinski definition) is 4. The van der Waals surface area contributed by atoms with E-state index in [1.165, 1.54) is 35.0 Å². The fourth-order valence-electron chi connectivity index (χ4n) is 4.73. The molecule has 0 aliphatic heterocycles. The molecule has 1 saturated carbocycles. The summed E-state index contributed by atoms with van der Waals surface area (Å²) in [4.78, 5) is 28.2. The van der Waals surface area contributed by atoms with Gasteiger partial charge in [-0.15, -0.1) is 0 Å². The summed E-state index contributed by atoms with van der Waals surface area (Å²) in [5, 5.41) is 3.12. The van der Waals surface area contributed by atoms with E-state index in [-0.39, 0.29) is 37.2 Å². The van der Waals surface area contributed by atoms with Crippen LogP contribution in [-0.2, 0) is 26.2 Å². The van der Waals surface area contributed by atoms with Gasteiger partial charge in [0, 0.05) is 25.6 Å². The molecule has 37 heavy (non-hydrogen) atoms. The highest BCUT2D eigenvalue weighted by Gasteiger charge is 2.28. The zero-order chi connectivity index (χ0) is 27.0. The second kappa shape index (κ2) is 13.0. The zero-order valence-electron chi connectivity index (χ0n) is 22.0. The first kappa shape index (κ1) is 28.6. The Morgan fingerprint density at radius 2 is 1.70 bits per heavy atom. The van der Waals surface area contributed by atoms with Crippen LogP contribution in [0.25, 0.3) is 0 Å². The molecule has 1 aliphatic rings. The molecule has 0 radical (unpaired) electrons. The minimum absolute atomic E-state index is 0.0665. The van der Waals surface area contributed by atoms with Crippen LogP contribution < -0.4 is 9.62 Å². The Hall–Kier alpha value is -2.94. The second-order valence-electron chi connectivity index (χ2n) is 9.88. The lowest BCUT2D eigenvalue weighted by Gasteiger charge is -2.32. The van der Waals surface area contributed by atoms with Crippen LogP contribution in [0, 0.1) is 12.7 Å². The fourth-order valence-corrected chi connectivity index (χ4v) is 5.70. The first-order chi connectivity index (χ1) is 17.6. The monoisotopic (exact) mass is 531 g/mol. The fraction of sp³-hybridized carbons (Fsp3) is 0.500. The van der Waals surface area contributed by atoms with Crippen LogP contribution >= 0.6 is 0 Å². The molecule has 2 amide bonds. The van der Waals surface area contributed by atoms with Crippen molar-refractivity contribution in [1.29, 1.82) is 0 Å².